The summed E-state index contributed by atoms with van der Waals surface area (Å²) < 4.78 is 5.95. The Kier molecular flexibility index (Phi) is 4.56. The molecule has 0 spiro atoms. The maximum absolute atomic E-state index is 11.5. The van der Waals surface area contributed by atoms with Crippen molar-refractivity contribution in [2.75, 3.05) is 7.11 Å². The van der Waals surface area contributed by atoms with Gasteiger partial charge in [-0.05, 0) is 30.4 Å². The van der Waals surface area contributed by atoms with Crippen LogP contribution >= 0.6 is 15.9 Å². The molecule has 2 N–H and O–H groups in total. The zero-order valence-corrected chi connectivity index (χ0v) is 12.8. The number of nitro groups is 1. The molecule has 9 heteroatoms. The Morgan fingerprint density at radius 2 is 2.00 bits per heavy atom. The molecule has 0 unspecified atom stereocenters. The third kappa shape index (κ3) is 3.31. The van der Waals surface area contributed by atoms with Gasteiger partial charge < -0.3 is 9.72 Å². The average Bonchev–Trinajstić information content (AvgIpc) is 2.44. The number of aromatic nitrogens is 2. The van der Waals surface area contributed by atoms with E-state index in [1.165, 1.54) is 19.3 Å². The van der Waals surface area contributed by atoms with Crippen molar-refractivity contribution in [2.45, 2.75) is 0 Å². The molecule has 8 nitrogen and oxygen atoms in total. The van der Waals surface area contributed by atoms with Gasteiger partial charge in [0, 0.05) is 10.0 Å². The molecule has 1 heterocycles. The SMILES string of the molecule is COc1ccc(Br)cc1C=Cc1[nH]c(=O)[nH]c(=O)c1[N+](=O)[O-]. The summed E-state index contributed by atoms with van der Waals surface area (Å²) in [5.41, 5.74) is -2.19. The fourth-order valence-electron chi connectivity index (χ4n) is 1.81. The molecule has 1 aromatic heterocycles. The van der Waals surface area contributed by atoms with Gasteiger partial charge in [-0.1, -0.05) is 15.9 Å². The third-order valence-electron chi connectivity index (χ3n) is 2.75. The summed E-state index contributed by atoms with van der Waals surface area (Å²) in [6.07, 6.45) is 2.78. The Labute approximate surface area is 131 Å². The first-order chi connectivity index (χ1) is 10.4. The number of halogens is 1. The second kappa shape index (κ2) is 6.39. The molecule has 0 aliphatic rings. The quantitative estimate of drug-likeness (QED) is 0.631. The zero-order chi connectivity index (χ0) is 16.3. The third-order valence-corrected chi connectivity index (χ3v) is 3.24. The first kappa shape index (κ1) is 15.7. The Morgan fingerprint density at radius 1 is 1.27 bits per heavy atom. The molecule has 0 bridgehead atoms. The normalized spacial score (nSPS) is 10.8. The van der Waals surface area contributed by atoms with E-state index in [9.17, 15) is 19.7 Å². The summed E-state index contributed by atoms with van der Waals surface area (Å²) in [6, 6.07) is 5.21. The highest BCUT2D eigenvalue weighted by molar-refractivity contribution is 9.10. The summed E-state index contributed by atoms with van der Waals surface area (Å²) in [5, 5.41) is 10.9. The zero-order valence-electron chi connectivity index (χ0n) is 11.3. The van der Waals surface area contributed by atoms with Crippen LogP contribution in [0, 0.1) is 10.1 Å². The Morgan fingerprint density at radius 3 is 2.64 bits per heavy atom. The van der Waals surface area contributed by atoms with Crippen LogP contribution < -0.4 is 16.0 Å². The maximum atomic E-state index is 11.5. The van der Waals surface area contributed by atoms with Crippen molar-refractivity contribution in [3.63, 3.8) is 0 Å². The van der Waals surface area contributed by atoms with Crippen molar-refractivity contribution in [3.8, 4) is 5.75 Å². The monoisotopic (exact) mass is 367 g/mol. The molecule has 114 valence electrons. The molecular formula is C13H10BrN3O5. The van der Waals surface area contributed by atoms with Crippen molar-refractivity contribution >= 4 is 33.8 Å². The highest BCUT2D eigenvalue weighted by Gasteiger charge is 2.18. The van der Waals surface area contributed by atoms with Gasteiger partial charge in [-0.3, -0.25) is 19.9 Å². The minimum atomic E-state index is -1.06. The molecule has 0 saturated heterocycles. The van der Waals surface area contributed by atoms with E-state index in [1.54, 1.807) is 18.2 Å². The van der Waals surface area contributed by atoms with Crippen LogP contribution in [0.3, 0.4) is 0 Å². The van der Waals surface area contributed by atoms with Gasteiger partial charge in [0.05, 0.1) is 12.0 Å². The van der Waals surface area contributed by atoms with E-state index in [2.05, 4.69) is 20.9 Å². The first-order valence-electron chi connectivity index (χ1n) is 5.95. The van der Waals surface area contributed by atoms with Crippen LogP contribution in [-0.2, 0) is 0 Å². The second-order valence-electron chi connectivity index (χ2n) is 4.15. The first-order valence-corrected chi connectivity index (χ1v) is 6.74. The molecule has 22 heavy (non-hydrogen) atoms. The number of H-pyrrole nitrogens is 2. The van der Waals surface area contributed by atoms with Crippen LogP contribution in [0.5, 0.6) is 5.75 Å². The van der Waals surface area contributed by atoms with Crippen LogP contribution in [0.15, 0.2) is 32.3 Å². The van der Waals surface area contributed by atoms with Gasteiger partial charge in [0.2, 0.25) is 0 Å². The predicted molar refractivity (Wildman–Crippen MR) is 84.0 cm³/mol. The average molecular weight is 368 g/mol. The lowest BCUT2D eigenvalue weighted by molar-refractivity contribution is -0.386. The molecule has 0 aliphatic carbocycles. The summed E-state index contributed by atoms with van der Waals surface area (Å²) >= 11 is 3.30. The van der Waals surface area contributed by atoms with E-state index in [4.69, 9.17) is 4.74 Å². The van der Waals surface area contributed by atoms with Crippen LogP contribution in [0.25, 0.3) is 12.2 Å². The molecule has 0 amide bonds. The number of aromatic amines is 2. The Balaban J connectivity index is 2.56. The minimum Gasteiger partial charge on any atom is -0.496 e. The largest absolute Gasteiger partial charge is 0.496 e. The van der Waals surface area contributed by atoms with E-state index in [-0.39, 0.29) is 5.69 Å². The molecule has 0 radical (unpaired) electrons. The van der Waals surface area contributed by atoms with Crippen LogP contribution in [0.4, 0.5) is 5.69 Å². The topological polar surface area (TPSA) is 118 Å². The van der Waals surface area contributed by atoms with Gasteiger partial charge in [-0.15, -0.1) is 0 Å². The molecule has 2 aromatic rings. The van der Waals surface area contributed by atoms with E-state index < -0.39 is 21.9 Å². The summed E-state index contributed by atoms with van der Waals surface area (Å²) in [4.78, 5) is 36.9. The Hall–Kier alpha value is -2.68. The molecule has 0 aliphatic heterocycles. The van der Waals surface area contributed by atoms with Gasteiger partial charge in [-0.25, -0.2) is 4.79 Å². The minimum absolute atomic E-state index is 0.194. The van der Waals surface area contributed by atoms with Gasteiger partial charge in [-0.2, -0.15) is 0 Å². The predicted octanol–water partition coefficient (Wildman–Crippen LogP) is 1.91. The molecule has 0 saturated carbocycles. The van der Waals surface area contributed by atoms with Crippen LogP contribution in [0.1, 0.15) is 11.3 Å². The smallest absolute Gasteiger partial charge is 0.357 e. The number of hydrogen-bond acceptors (Lipinski definition) is 5. The number of hydrogen-bond donors (Lipinski definition) is 2. The maximum Gasteiger partial charge on any atom is 0.357 e. The van der Waals surface area contributed by atoms with Gasteiger partial charge in [0.25, 0.3) is 0 Å². The van der Waals surface area contributed by atoms with Crippen molar-refractivity contribution < 1.29 is 9.66 Å². The molecular weight excluding hydrogens is 358 g/mol. The molecule has 2 rings (SSSR count). The lowest BCUT2D eigenvalue weighted by Crippen LogP contribution is -2.25. The molecule has 0 fully saturated rings. The standard InChI is InChI=1S/C13H10BrN3O5/c1-22-10-5-3-8(14)6-7(10)2-4-9-11(17(20)21)12(18)16-13(19)15-9/h2-6H,1H3,(H2,15,16,18,19). The van der Waals surface area contributed by atoms with E-state index in [0.717, 1.165) is 4.47 Å². The van der Waals surface area contributed by atoms with E-state index >= 15 is 0 Å². The number of nitrogens with one attached hydrogen (secondary N) is 2. The second-order valence-corrected chi connectivity index (χ2v) is 5.06. The summed E-state index contributed by atoms with van der Waals surface area (Å²) in [6.45, 7) is 0. The highest BCUT2D eigenvalue weighted by atomic mass is 79.9. The van der Waals surface area contributed by atoms with E-state index in [0.29, 0.717) is 11.3 Å². The lowest BCUT2D eigenvalue weighted by Gasteiger charge is -2.04. The number of nitrogens with zero attached hydrogens (tertiary/aromatic N) is 1. The van der Waals surface area contributed by atoms with Gasteiger partial charge >= 0.3 is 16.9 Å². The van der Waals surface area contributed by atoms with Crippen LogP contribution in [0.2, 0.25) is 0 Å². The van der Waals surface area contributed by atoms with Crippen molar-refractivity contribution in [2.24, 2.45) is 0 Å². The number of benzene rings is 1. The molecule has 1 aromatic carbocycles. The lowest BCUT2D eigenvalue weighted by atomic mass is 10.1. The van der Waals surface area contributed by atoms with Crippen molar-refractivity contribution in [3.05, 3.63) is 64.9 Å². The van der Waals surface area contributed by atoms with Gasteiger partial charge in [0.1, 0.15) is 11.4 Å². The fraction of sp³-hybridized carbons (Fsp3) is 0.0769. The van der Waals surface area contributed by atoms with Gasteiger partial charge in [0.15, 0.2) is 0 Å². The number of rotatable bonds is 4. The van der Waals surface area contributed by atoms with Crippen LogP contribution in [-0.4, -0.2) is 22.0 Å². The summed E-state index contributed by atoms with van der Waals surface area (Å²) in [5.74, 6) is 0.536. The van der Waals surface area contributed by atoms with Crippen molar-refractivity contribution in [1.29, 1.82) is 0 Å². The fourth-order valence-corrected chi connectivity index (χ4v) is 2.19. The number of ether oxygens (including phenoxy) is 1. The highest BCUT2D eigenvalue weighted by Crippen LogP contribution is 2.25. The van der Waals surface area contributed by atoms with Crippen molar-refractivity contribution in [1.82, 2.24) is 9.97 Å². The molecule has 0 atom stereocenters. The van der Waals surface area contributed by atoms with E-state index in [1.807, 2.05) is 4.98 Å². The summed E-state index contributed by atoms with van der Waals surface area (Å²) in [7, 11) is 1.48. The number of methoxy groups -OCH3 is 1. The Bertz CT molecular complexity index is 869.